The lowest BCUT2D eigenvalue weighted by molar-refractivity contribution is -0.0793. The molecule has 2 saturated heterocycles. The smallest absolute Gasteiger partial charge is 0.325 e. The fraction of sp³-hybridized carbons (Fsp3) is 0.409. The van der Waals surface area contributed by atoms with Gasteiger partial charge in [-0.05, 0) is 96.5 Å². The molecule has 7 aliphatic rings. The Hall–Kier alpha value is -5.10. The van der Waals surface area contributed by atoms with E-state index in [2.05, 4.69) is 52.0 Å². The Kier molecular flexibility index (Phi) is 8.98. The molecule has 2 fully saturated rings. The van der Waals surface area contributed by atoms with E-state index in [1.165, 1.54) is 0 Å². The van der Waals surface area contributed by atoms with Crippen molar-refractivity contribution in [2.75, 3.05) is 52.9 Å². The molecule has 11 rings (SSSR count). The van der Waals surface area contributed by atoms with Gasteiger partial charge >= 0.3 is 12.1 Å². The maximum Gasteiger partial charge on any atom is 0.325 e. The lowest BCUT2D eigenvalue weighted by atomic mass is 9.79. The second-order valence-electron chi connectivity index (χ2n) is 15.2. The quantitative estimate of drug-likeness (QED) is 0.199. The number of hydrogen-bond acceptors (Lipinski definition) is 7. The summed E-state index contributed by atoms with van der Waals surface area (Å²) in [6.45, 7) is 13.2. The van der Waals surface area contributed by atoms with Crippen LogP contribution >= 0.6 is 0 Å². The van der Waals surface area contributed by atoms with Gasteiger partial charge in [-0.2, -0.15) is 0 Å². The van der Waals surface area contributed by atoms with Gasteiger partial charge in [0.05, 0.1) is 65.8 Å². The van der Waals surface area contributed by atoms with Crippen LogP contribution in [0.25, 0.3) is 0 Å². The molecule has 4 aromatic rings. The maximum absolute atomic E-state index is 15.6. The third-order valence-corrected chi connectivity index (χ3v) is 12.2. The van der Waals surface area contributed by atoms with Gasteiger partial charge in [0, 0.05) is 11.1 Å². The number of rotatable bonds is 0. The molecule has 11 heteroatoms. The van der Waals surface area contributed by atoms with E-state index >= 15 is 9.59 Å². The van der Waals surface area contributed by atoms with Crippen LogP contribution in [-0.4, -0.2) is 84.5 Å². The second kappa shape index (κ2) is 13.9. The number of aryl methyl sites for hydroxylation is 4. The molecule has 286 valence electrons. The Bertz CT molecular complexity index is 1900. The van der Waals surface area contributed by atoms with E-state index in [4.69, 9.17) is 23.7 Å². The molecule has 0 aliphatic carbocycles. The van der Waals surface area contributed by atoms with Crippen molar-refractivity contribution in [3.63, 3.8) is 0 Å². The standard InChI is InChI=1S/C44H48N4O7/c1-29-21-33-25-45-41(49)47-27-35-23-31(3)32(4)24-36(35)28-48-42(50)46(26-34(33)22-30(29)2)43(45)37-5-9-39(10-6-37)54-19-17-52-15-13-51-14-16-53-18-20-55-40-11-7-38(8-12-40)44(43,47)48/h5-12,21-24H,13-20,25-28H2,1-4H3. The number of ether oxygens (including phenoxy) is 5. The Balaban J connectivity index is 1.27. The molecule has 7 heterocycles. The Morgan fingerprint density at radius 2 is 0.691 bits per heavy atom. The lowest BCUT2D eigenvalue weighted by Crippen LogP contribution is -2.62. The highest BCUT2D eigenvalue weighted by Gasteiger charge is 2.80. The zero-order valence-electron chi connectivity index (χ0n) is 32.1. The first-order valence-electron chi connectivity index (χ1n) is 19.3. The first-order chi connectivity index (χ1) is 26.7. The van der Waals surface area contributed by atoms with Crippen molar-refractivity contribution in [3.8, 4) is 11.5 Å². The van der Waals surface area contributed by atoms with Gasteiger partial charge in [0.2, 0.25) is 0 Å². The van der Waals surface area contributed by atoms with E-state index in [0.717, 1.165) is 55.6 Å². The van der Waals surface area contributed by atoms with Crippen LogP contribution in [0.2, 0.25) is 0 Å². The molecule has 7 aliphatic heterocycles. The molecule has 2 spiro atoms. The summed E-state index contributed by atoms with van der Waals surface area (Å²) in [6, 6.07) is 24.4. The molecule has 55 heavy (non-hydrogen) atoms. The van der Waals surface area contributed by atoms with Gasteiger partial charge in [-0.1, -0.05) is 48.5 Å². The Morgan fingerprint density at radius 1 is 0.418 bits per heavy atom. The summed E-state index contributed by atoms with van der Waals surface area (Å²) in [5, 5.41) is 0. The van der Waals surface area contributed by atoms with Crippen LogP contribution in [-0.2, 0) is 51.7 Å². The molecule has 0 atom stereocenters. The lowest BCUT2D eigenvalue weighted by Gasteiger charge is -2.49. The second-order valence-corrected chi connectivity index (χ2v) is 15.2. The van der Waals surface area contributed by atoms with E-state index < -0.39 is 11.3 Å². The topological polar surface area (TPSA) is 93.3 Å². The minimum absolute atomic E-state index is 0.125. The number of benzene rings is 4. The zero-order chi connectivity index (χ0) is 37.9. The van der Waals surface area contributed by atoms with Gasteiger partial charge in [-0.3, -0.25) is 19.6 Å². The van der Waals surface area contributed by atoms with Gasteiger partial charge in [-0.25, -0.2) is 9.59 Å². The third kappa shape index (κ3) is 5.50. The summed E-state index contributed by atoms with van der Waals surface area (Å²) < 4.78 is 29.4. The van der Waals surface area contributed by atoms with Crippen molar-refractivity contribution in [2.24, 2.45) is 0 Å². The largest absolute Gasteiger partial charge is 0.491 e. The molecular weight excluding hydrogens is 697 g/mol. The first-order valence-corrected chi connectivity index (χ1v) is 19.3. The van der Waals surface area contributed by atoms with Crippen molar-refractivity contribution in [2.45, 2.75) is 65.2 Å². The molecule has 0 N–H and O–H groups in total. The molecular formula is C44H48N4O7. The summed E-state index contributed by atoms with van der Waals surface area (Å²) in [4.78, 5) is 39.1. The highest BCUT2D eigenvalue weighted by Crippen LogP contribution is 2.65. The fourth-order valence-electron chi connectivity index (χ4n) is 9.33. The highest BCUT2D eigenvalue weighted by atomic mass is 16.6. The predicted octanol–water partition coefficient (Wildman–Crippen LogP) is 6.65. The van der Waals surface area contributed by atoms with Crippen molar-refractivity contribution in [1.82, 2.24) is 19.6 Å². The summed E-state index contributed by atoms with van der Waals surface area (Å²) in [6.07, 6.45) is 0. The number of fused-ring (bicyclic) bond motifs is 4. The summed E-state index contributed by atoms with van der Waals surface area (Å²) in [5.74, 6) is 1.35. The molecule has 4 bridgehead atoms. The molecule has 0 aromatic heterocycles. The van der Waals surface area contributed by atoms with Crippen molar-refractivity contribution in [3.05, 3.63) is 128 Å². The first kappa shape index (κ1) is 35.6. The molecule has 11 nitrogen and oxygen atoms in total. The average Bonchev–Trinajstić information content (AvgIpc) is 3.33. The van der Waals surface area contributed by atoms with Crippen LogP contribution in [0.3, 0.4) is 0 Å². The van der Waals surface area contributed by atoms with Crippen LogP contribution in [0.5, 0.6) is 11.5 Å². The monoisotopic (exact) mass is 744 g/mol. The van der Waals surface area contributed by atoms with Gasteiger partial charge < -0.3 is 23.7 Å². The van der Waals surface area contributed by atoms with Crippen LogP contribution in [0, 0.1) is 27.7 Å². The van der Waals surface area contributed by atoms with E-state index in [1.54, 1.807) is 0 Å². The van der Waals surface area contributed by atoms with Crippen molar-refractivity contribution >= 4 is 12.1 Å². The van der Waals surface area contributed by atoms with E-state index in [-0.39, 0.29) is 12.1 Å². The molecule has 4 aromatic carbocycles. The molecule has 0 saturated carbocycles. The number of hydrogen-bond donors (Lipinski definition) is 0. The third-order valence-electron chi connectivity index (χ3n) is 12.2. The fourth-order valence-corrected chi connectivity index (χ4v) is 9.33. The summed E-state index contributed by atoms with van der Waals surface area (Å²) in [7, 11) is 0. The van der Waals surface area contributed by atoms with Crippen molar-refractivity contribution < 1.29 is 33.3 Å². The van der Waals surface area contributed by atoms with E-state index in [9.17, 15) is 0 Å². The summed E-state index contributed by atoms with van der Waals surface area (Å²) >= 11 is 0. The highest BCUT2D eigenvalue weighted by molar-refractivity contribution is 5.90. The Morgan fingerprint density at radius 3 is 0.982 bits per heavy atom. The number of nitrogens with zero attached hydrogens (tertiary/aromatic N) is 4. The molecule has 0 radical (unpaired) electrons. The van der Waals surface area contributed by atoms with Gasteiger partial charge in [0.1, 0.15) is 24.7 Å². The number of amides is 4. The molecule has 4 amide bonds. The number of carbonyl (C=O) groups is 2. The zero-order valence-corrected chi connectivity index (χ0v) is 32.1. The van der Waals surface area contributed by atoms with Crippen LogP contribution in [0.4, 0.5) is 9.59 Å². The minimum atomic E-state index is -1.26. The van der Waals surface area contributed by atoms with Gasteiger partial charge in [0.15, 0.2) is 11.3 Å². The van der Waals surface area contributed by atoms with Gasteiger partial charge in [-0.15, -0.1) is 0 Å². The van der Waals surface area contributed by atoms with Crippen LogP contribution in [0.1, 0.15) is 55.6 Å². The number of carbonyl (C=O) groups excluding carboxylic acids is 2. The predicted molar refractivity (Wildman–Crippen MR) is 204 cm³/mol. The number of urea groups is 2. The van der Waals surface area contributed by atoms with E-state index in [1.807, 2.05) is 68.1 Å². The Labute approximate surface area is 322 Å². The SMILES string of the molecule is Cc1cc2c(cc1C)CN1C(=O)N3Cc4cc(C)c(C)cc4CN4C(=O)N(C2)C12c1ccc(cc1)OCCOCCOCCOCCOc1ccc(cc1)C432. The average molecular weight is 745 g/mol. The van der Waals surface area contributed by atoms with Gasteiger partial charge in [0.25, 0.3) is 0 Å². The van der Waals surface area contributed by atoms with Crippen molar-refractivity contribution in [1.29, 1.82) is 0 Å². The normalized spacial score (nSPS) is 24.0. The van der Waals surface area contributed by atoms with Crippen LogP contribution in [0.15, 0.2) is 72.8 Å². The molecule has 0 unspecified atom stereocenters. The summed E-state index contributed by atoms with van der Waals surface area (Å²) in [5.41, 5.74) is 7.92. The van der Waals surface area contributed by atoms with Crippen LogP contribution < -0.4 is 9.47 Å². The minimum Gasteiger partial charge on any atom is -0.491 e. The maximum atomic E-state index is 15.6. The van der Waals surface area contributed by atoms with E-state index in [0.29, 0.717) is 90.5 Å².